The first-order chi connectivity index (χ1) is 10.2. The second-order valence-electron chi connectivity index (χ2n) is 5.90. The van der Waals surface area contributed by atoms with E-state index >= 15 is 0 Å². The van der Waals surface area contributed by atoms with Crippen LogP contribution >= 0.6 is 0 Å². The fourth-order valence-electron chi connectivity index (χ4n) is 3.19. The highest BCUT2D eigenvalue weighted by Gasteiger charge is 2.26. The monoisotopic (exact) mass is 293 g/mol. The highest BCUT2D eigenvalue weighted by Crippen LogP contribution is 2.30. The zero-order valence-electron chi connectivity index (χ0n) is 12.3. The van der Waals surface area contributed by atoms with Crippen molar-refractivity contribution in [3.05, 3.63) is 11.6 Å². The van der Waals surface area contributed by atoms with Crippen LogP contribution in [0.3, 0.4) is 0 Å². The maximum Gasteiger partial charge on any atom is 0.312 e. The second kappa shape index (κ2) is 6.43. The minimum atomic E-state index is -0.529. The van der Waals surface area contributed by atoms with Gasteiger partial charge in [-0.3, -0.25) is 0 Å². The molecule has 1 saturated heterocycles. The van der Waals surface area contributed by atoms with Gasteiger partial charge in [0.05, 0.1) is 19.2 Å². The minimum Gasteiger partial charge on any atom is -0.381 e. The summed E-state index contributed by atoms with van der Waals surface area (Å²) in [5.74, 6) is 1.93. The summed E-state index contributed by atoms with van der Waals surface area (Å²) in [4.78, 5) is 15.6. The number of nitrogens with one attached hydrogen (secondary N) is 1. The molecule has 7 nitrogen and oxygen atoms in total. The highest BCUT2D eigenvalue weighted by molar-refractivity contribution is 5.71. The lowest BCUT2D eigenvalue weighted by atomic mass is 9.95. The maximum atomic E-state index is 11.0. The third-order valence-corrected chi connectivity index (χ3v) is 4.35. The van der Waals surface area contributed by atoms with Gasteiger partial charge >= 0.3 is 6.03 Å². The Hall–Kier alpha value is -1.63. The van der Waals surface area contributed by atoms with Crippen molar-refractivity contribution in [3.63, 3.8) is 0 Å². The van der Waals surface area contributed by atoms with Gasteiger partial charge in [0.15, 0.2) is 5.82 Å². The van der Waals surface area contributed by atoms with E-state index in [0.29, 0.717) is 19.2 Å². The average molecular weight is 293 g/mol. The third-order valence-electron chi connectivity index (χ3n) is 4.35. The van der Waals surface area contributed by atoms with Gasteiger partial charge in [0.25, 0.3) is 0 Å². The zero-order valence-corrected chi connectivity index (χ0v) is 12.3. The second-order valence-corrected chi connectivity index (χ2v) is 5.90. The van der Waals surface area contributed by atoms with Gasteiger partial charge < -0.3 is 15.8 Å². The largest absolute Gasteiger partial charge is 0.381 e. The van der Waals surface area contributed by atoms with E-state index in [4.69, 9.17) is 15.6 Å². The number of rotatable bonds is 4. The summed E-state index contributed by atoms with van der Waals surface area (Å²) in [5.41, 5.74) is 5.17. The Morgan fingerprint density at radius 3 is 2.81 bits per heavy atom. The highest BCUT2D eigenvalue weighted by atomic mass is 16.5. The van der Waals surface area contributed by atoms with E-state index in [9.17, 15) is 4.79 Å². The number of hydrogen-bond acceptors (Lipinski definition) is 4. The van der Waals surface area contributed by atoms with Gasteiger partial charge in [0.1, 0.15) is 5.82 Å². The molecule has 1 aliphatic carbocycles. The number of carbonyl (C=O) groups is 1. The van der Waals surface area contributed by atoms with Crippen LogP contribution in [-0.2, 0) is 11.3 Å². The summed E-state index contributed by atoms with van der Waals surface area (Å²) in [6.45, 7) is 1.81. The molecule has 2 heterocycles. The number of nitrogens with two attached hydrogens (primary N) is 1. The minimum absolute atomic E-state index is 0.280. The van der Waals surface area contributed by atoms with Gasteiger partial charge in [0.2, 0.25) is 0 Å². The van der Waals surface area contributed by atoms with Crippen LogP contribution < -0.4 is 11.1 Å². The third kappa shape index (κ3) is 3.34. The molecule has 3 rings (SSSR count). The Morgan fingerprint density at radius 1 is 1.33 bits per heavy atom. The van der Waals surface area contributed by atoms with Crippen LogP contribution in [0.5, 0.6) is 0 Å². The number of carbonyl (C=O) groups excluding carboxylic acids is 1. The molecule has 1 atom stereocenters. The number of aromatic nitrogens is 3. The maximum absolute atomic E-state index is 11.0. The molecule has 1 aromatic heterocycles. The molecule has 0 bridgehead atoms. The average Bonchev–Trinajstić information content (AvgIpc) is 3.15. The first-order valence-corrected chi connectivity index (χ1v) is 7.80. The molecular weight excluding hydrogens is 270 g/mol. The molecule has 0 unspecified atom stereocenters. The first kappa shape index (κ1) is 14.3. The van der Waals surface area contributed by atoms with Crippen molar-refractivity contribution in [1.29, 1.82) is 0 Å². The Bertz CT molecular complexity index is 490. The molecule has 0 radical (unpaired) electrons. The van der Waals surface area contributed by atoms with E-state index in [1.807, 2.05) is 4.68 Å². The van der Waals surface area contributed by atoms with Crippen LogP contribution in [0.1, 0.15) is 62.1 Å². The van der Waals surface area contributed by atoms with Gasteiger partial charge in [-0.05, 0) is 19.3 Å². The van der Waals surface area contributed by atoms with Crippen LogP contribution in [0.2, 0.25) is 0 Å². The summed E-state index contributed by atoms with van der Waals surface area (Å²) < 4.78 is 7.44. The zero-order chi connectivity index (χ0) is 14.7. The molecule has 3 N–H and O–H groups in total. The summed E-state index contributed by atoms with van der Waals surface area (Å²) in [7, 11) is 0. The number of primary amides is 1. The lowest BCUT2D eigenvalue weighted by Gasteiger charge is -2.23. The van der Waals surface area contributed by atoms with Crippen LogP contribution in [-0.4, -0.2) is 34.0 Å². The molecule has 2 aliphatic rings. The molecule has 1 aliphatic heterocycles. The van der Waals surface area contributed by atoms with Gasteiger partial charge in [-0.2, -0.15) is 5.10 Å². The summed E-state index contributed by atoms with van der Waals surface area (Å²) >= 11 is 0. The van der Waals surface area contributed by atoms with Crippen LogP contribution in [0, 0.1) is 0 Å². The number of ether oxygens (including phenoxy) is 1. The molecule has 0 aromatic carbocycles. The Kier molecular flexibility index (Phi) is 4.38. The van der Waals surface area contributed by atoms with Crippen LogP contribution in [0.25, 0.3) is 0 Å². The van der Waals surface area contributed by atoms with Crippen molar-refractivity contribution in [1.82, 2.24) is 20.1 Å². The summed E-state index contributed by atoms with van der Waals surface area (Å²) in [6, 6.07) is -0.133. The quantitative estimate of drug-likeness (QED) is 0.878. The van der Waals surface area contributed by atoms with E-state index < -0.39 is 6.03 Å². The SMILES string of the molecule is NC(=O)NCc1nc([C@@H]2CCOC2)nn1C1CCCCC1. The van der Waals surface area contributed by atoms with E-state index in [1.165, 1.54) is 19.3 Å². The molecule has 1 saturated carbocycles. The van der Waals surface area contributed by atoms with Crippen LogP contribution in [0.15, 0.2) is 0 Å². The van der Waals surface area contributed by atoms with E-state index in [-0.39, 0.29) is 5.92 Å². The van der Waals surface area contributed by atoms with Gasteiger partial charge in [-0.1, -0.05) is 19.3 Å². The Morgan fingerprint density at radius 2 is 2.14 bits per heavy atom. The van der Waals surface area contributed by atoms with E-state index in [0.717, 1.165) is 37.5 Å². The molecule has 116 valence electrons. The Labute approximate surface area is 124 Å². The van der Waals surface area contributed by atoms with Crippen molar-refractivity contribution in [2.45, 2.75) is 57.0 Å². The summed E-state index contributed by atoms with van der Waals surface area (Å²) in [5, 5.41) is 7.36. The predicted octanol–water partition coefficient (Wildman–Crippen LogP) is 1.46. The van der Waals surface area contributed by atoms with Crippen molar-refractivity contribution in [3.8, 4) is 0 Å². The van der Waals surface area contributed by atoms with E-state index in [1.54, 1.807) is 0 Å². The molecule has 7 heteroatoms. The topological polar surface area (TPSA) is 95.1 Å². The van der Waals surface area contributed by atoms with Crippen molar-refractivity contribution in [2.24, 2.45) is 5.73 Å². The van der Waals surface area contributed by atoms with Crippen molar-refractivity contribution >= 4 is 6.03 Å². The van der Waals surface area contributed by atoms with Gasteiger partial charge in [-0.25, -0.2) is 14.5 Å². The molecule has 0 spiro atoms. The molecular formula is C14H23N5O2. The number of amides is 2. The fraction of sp³-hybridized carbons (Fsp3) is 0.786. The molecule has 2 fully saturated rings. The standard InChI is InChI=1S/C14H23N5O2/c15-14(20)16-8-12-17-13(10-6-7-21-9-10)18-19(12)11-4-2-1-3-5-11/h10-11H,1-9H2,(H3,15,16,20)/t10-/m1/s1. The molecule has 2 amide bonds. The van der Waals surface area contributed by atoms with Crippen LogP contribution in [0.4, 0.5) is 4.79 Å². The first-order valence-electron chi connectivity index (χ1n) is 7.80. The molecule has 1 aromatic rings. The van der Waals surface area contributed by atoms with Crippen molar-refractivity contribution in [2.75, 3.05) is 13.2 Å². The predicted molar refractivity (Wildman–Crippen MR) is 76.7 cm³/mol. The van der Waals surface area contributed by atoms with Crippen molar-refractivity contribution < 1.29 is 9.53 Å². The van der Waals surface area contributed by atoms with E-state index in [2.05, 4.69) is 10.3 Å². The smallest absolute Gasteiger partial charge is 0.312 e. The Balaban J connectivity index is 1.81. The number of urea groups is 1. The molecule has 21 heavy (non-hydrogen) atoms. The van der Waals surface area contributed by atoms with Gasteiger partial charge in [0, 0.05) is 12.5 Å². The number of hydrogen-bond donors (Lipinski definition) is 2. The lowest BCUT2D eigenvalue weighted by molar-refractivity contribution is 0.193. The van der Waals surface area contributed by atoms with Gasteiger partial charge in [-0.15, -0.1) is 0 Å². The number of nitrogens with zero attached hydrogens (tertiary/aromatic N) is 3. The lowest BCUT2D eigenvalue weighted by Crippen LogP contribution is -2.30. The fourth-order valence-corrected chi connectivity index (χ4v) is 3.19. The normalized spacial score (nSPS) is 23.3. The summed E-state index contributed by atoms with van der Waals surface area (Å²) in [6.07, 6.45) is 6.99.